The van der Waals surface area contributed by atoms with Gasteiger partial charge in [-0.25, -0.2) is 4.79 Å². The second kappa shape index (κ2) is 9.09. The quantitative estimate of drug-likeness (QED) is 0.413. The van der Waals surface area contributed by atoms with Gasteiger partial charge in [0.2, 0.25) is 5.88 Å². The standard InChI is InChI=1S/C25H20N2O4/c1-29-21-14-20(15-22(16-21)30-2)25(28)31-24-13-12-23(26-27-24)19-10-8-18(9-11-19)17-6-4-3-5-7-17/h3-16H,1-2H3. The van der Waals surface area contributed by atoms with Gasteiger partial charge in [-0.05, 0) is 29.3 Å². The number of carbonyl (C=O) groups excluding carboxylic acids is 1. The van der Waals surface area contributed by atoms with E-state index in [1.165, 1.54) is 14.2 Å². The maximum atomic E-state index is 12.5. The number of ether oxygens (including phenoxy) is 3. The van der Waals surface area contributed by atoms with Crippen molar-refractivity contribution in [2.45, 2.75) is 0 Å². The second-order valence-corrected chi connectivity index (χ2v) is 6.69. The van der Waals surface area contributed by atoms with E-state index < -0.39 is 5.97 Å². The maximum absolute atomic E-state index is 12.5. The van der Waals surface area contributed by atoms with E-state index in [1.54, 1.807) is 30.3 Å². The van der Waals surface area contributed by atoms with Gasteiger partial charge < -0.3 is 14.2 Å². The Morgan fingerprint density at radius 1 is 0.677 bits per heavy atom. The number of hydrogen-bond donors (Lipinski definition) is 0. The van der Waals surface area contributed by atoms with Crippen molar-refractivity contribution in [3.05, 3.63) is 90.5 Å². The summed E-state index contributed by atoms with van der Waals surface area (Å²) >= 11 is 0. The molecule has 0 aliphatic carbocycles. The van der Waals surface area contributed by atoms with E-state index in [2.05, 4.69) is 22.3 Å². The van der Waals surface area contributed by atoms with Gasteiger partial charge in [0.1, 0.15) is 11.5 Å². The number of carbonyl (C=O) groups is 1. The van der Waals surface area contributed by atoms with E-state index in [1.807, 2.05) is 42.5 Å². The summed E-state index contributed by atoms with van der Waals surface area (Å²) in [6.07, 6.45) is 0. The molecule has 4 rings (SSSR count). The lowest BCUT2D eigenvalue weighted by Crippen LogP contribution is -2.10. The number of nitrogens with zero attached hydrogens (tertiary/aromatic N) is 2. The summed E-state index contributed by atoms with van der Waals surface area (Å²) in [4.78, 5) is 12.5. The molecule has 0 spiro atoms. The molecule has 1 aromatic heterocycles. The van der Waals surface area contributed by atoms with Gasteiger partial charge in [-0.1, -0.05) is 54.6 Å². The fraction of sp³-hybridized carbons (Fsp3) is 0.0800. The van der Waals surface area contributed by atoms with Crippen molar-refractivity contribution in [1.82, 2.24) is 10.2 Å². The SMILES string of the molecule is COc1cc(OC)cc(C(=O)Oc2ccc(-c3ccc(-c4ccccc4)cc3)nn2)c1. The van der Waals surface area contributed by atoms with E-state index >= 15 is 0 Å². The summed E-state index contributed by atoms with van der Waals surface area (Å²) in [5, 5.41) is 8.22. The molecular weight excluding hydrogens is 392 g/mol. The first kappa shape index (κ1) is 20.1. The molecule has 0 aliphatic rings. The van der Waals surface area contributed by atoms with Crippen molar-refractivity contribution in [1.29, 1.82) is 0 Å². The normalized spacial score (nSPS) is 10.4. The fourth-order valence-corrected chi connectivity index (χ4v) is 3.07. The van der Waals surface area contributed by atoms with Crippen LogP contribution in [0.1, 0.15) is 10.4 Å². The first-order valence-electron chi connectivity index (χ1n) is 9.61. The molecule has 0 fully saturated rings. The summed E-state index contributed by atoms with van der Waals surface area (Å²) in [5.41, 5.74) is 4.16. The number of methoxy groups -OCH3 is 2. The smallest absolute Gasteiger partial charge is 0.345 e. The average molecular weight is 412 g/mol. The second-order valence-electron chi connectivity index (χ2n) is 6.69. The Labute approximate surface area is 180 Å². The van der Waals surface area contributed by atoms with Crippen molar-refractivity contribution < 1.29 is 19.0 Å². The Kier molecular flexibility index (Phi) is 5.89. The van der Waals surface area contributed by atoms with Crippen molar-refractivity contribution >= 4 is 5.97 Å². The minimum absolute atomic E-state index is 0.108. The molecule has 154 valence electrons. The lowest BCUT2D eigenvalue weighted by Gasteiger charge is -2.08. The van der Waals surface area contributed by atoms with Crippen LogP contribution in [0, 0.1) is 0 Å². The summed E-state index contributed by atoms with van der Waals surface area (Å²) in [6.45, 7) is 0. The number of hydrogen-bond acceptors (Lipinski definition) is 6. The Bertz CT molecular complexity index is 1150. The van der Waals surface area contributed by atoms with Crippen LogP contribution in [0.25, 0.3) is 22.4 Å². The lowest BCUT2D eigenvalue weighted by molar-refractivity contribution is 0.0725. The molecule has 0 saturated carbocycles. The average Bonchev–Trinajstić information content (AvgIpc) is 2.84. The molecule has 4 aromatic rings. The van der Waals surface area contributed by atoms with Crippen LogP contribution in [-0.2, 0) is 0 Å². The third-order valence-electron chi connectivity index (χ3n) is 4.71. The third kappa shape index (κ3) is 4.70. The summed E-state index contributed by atoms with van der Waals surface area (Å²) in [5.74, 6) is 0.515. The number of aromatic nitrogens is 2. The largest absolute Gasteiger partial charge is 0.497 e. The number of esters is 1. The van der Waals surface area contributed by atoms with Gasteiger partial charge in [-0.2, -0.15) is 0 Å². The molecule has 6 nitrogen and oxygen atoms in total. The van der Waals surface area contributed by atoms with Gasteiger partial charge in [0, 0.05) is 17.7 Å². The molecule has 0 N–H and O–H groups in total. The van der Waals surface area contributed by atoms with Gasteiger partial charge in [0.05, 0.1) is 25.5 Å². The molecule has 0 atom stereocenters. The van der Waals surface area contributed by atoms with E-state index in [0.717, 1.165) is 16.7 Å². The summed E-state index contributed by atoms with van der Waals surface area (Å²) in [6, 6.07) is 26.4. The van der Waals surface area contributed by atoms with Gasteiger partial charge in [-0.15, -0.1) is 10.2 Å². The zero-order valence-electron chi connectivity index (χ0n) is 17.1. The van der Waals surface area contributed by atoms with Gasteiger partial charge in [0.15, 0.2) is 0 Å². The highest BCUT2D eigenvalue weighted by molar-refractivity contribution is 5.91. The van der Waals surface area contributed by atoms with Crippen LogP contribution in [0.4, 0.5) is 0 Å². The fourth-order valence-electron chi connectivity index (χ4n) is 3.07. The van der Waals surface area contributed by atoms with Crippen LogP contribution in [0.5, 0.6) is 17.4 Å². The van der Waals surface area contributed by atoms with Crippen molar-refractivity contribution in [3.63, 3.8) is 0 Å². The van der Waals surface area contributed by atoms with Gasteiger partial charge in [0.25, 0.3) is 0 Å². The highest BCUT2D eigenvalue weighted by Crippen LogP contribution is 2.25. The Morgan fingerprint density at radius 3 is 1.87 bits per heavy atom. The first-order valence-corrected chi connectivity index (χ1v) is 9.61. The monoisotopic (exact) mass is 412 g/mol. The predicted octanol–water partition coefficient (Wildman–Crippen LogP) is 5.05. The third-order valence-corrected chi connectivity index (χ3v) is 4.71. The number of rotatable bonds is 6. The first-order chi connectivity index (χ1) is 15.2. The molecule has 0 amide bonds. The minimum atomic E-state index is -0.577. The summed E-state index contributed by atoms with van der Waals surface area (Å²) < 4.78 is 15.7. The molecule has 0 aliphatic heterocycles. The van der Waals surface area contributed by atoms with Crippen LogP contribution < -0.4 is 14.2 Å². The van der Waals surface area contributed by atoms with Gasteiger partial charge in [-0.3, -0.25) is 0 Å². The Hall–Kier alpha value is -4.19. The predicted molar refractivity (Wildman–Crippen MR) is 117 cm³/mol. The summed E-state index contributed by atoms with van der Waals surface area (Å²) in [7, 11) is 3.03. The van der Waals surface area contributed by atoms with Gasteiger partial charge >= 0.3 is 5.97 Å². The van der Waals surface area contributed by atoms with Crippen molar-refractivity contribution in [3.8, 4) is 39.8 Å². The van der Waals surface area contributed by atoms with Crippen LogP contribution in [0.3, 0.4) is 0 Å². The molecule has 6 heteroatoms. The van der Waals surface area contributed by atoms with Crippen LogP contribution in [-0.4, -0.2) is 30.4 Å². The van der Waals surface area contributed by atoms with Crippen LogP contribution in [0.2, 0.25) is 0 Å². The Balaban J connectivity index is 1.48. The van der Waals surface area contributed by atoms with E-state index in [9.17, 15) is 4.79 Å². The molecule has 0 bridgehead atoms. The van der Waals surface area contributed by atoms with E-state index in [0.29, 0.717) is 22.8 Å². The van der Waals surface area contributed by atoms with Crippen LogP contribution in [0.15, 0.2) is 84.9 Å². The lowest BCUT2D eigenvalue weighted by atomic mass is 10.0. The number of benzene rings is 3. The van der Waals surface area contributed by atoms with E-state index in [4.69, 9.17) is 14.2 Å². The van der Waals surface area contributed by atoms with E-state index in [-0.39, 0.29) is 5.88 Å². The Morgan fingerprint density at radius 2 is 1.29 bits per heavy atom. The molecule has 0 saturated heterocycles. The molecule has 1 heterocycles. The van der Waals surface area contributed by atoms with Crippen molar-refractivity contribution in [2.24, 2.45) is 0 Å². The van der Waals surface area contributed by atoms with Crippen molar-refractivity contribution in [2.75, 3.05) is 14.2 Å². The zero-order chi connectivity index (χ0) is 21.6. The maximum Gasteiger partial charge on any atom is 0.345 e. The minimum Gasteiger partial charge on any atom is -0.497 e. The molecular formula is C25H20N2O4. The highest BCUT2D eigenvalue weighted by atomic mass is 16.5. The topological polar surface area (TPSA) is 70.5 Å². The molecule has 0 unspecified atom stereocenters. The van der Waals surface area contributed by atoms with Crippen LogP contribution >= 0.6 is 0 Å². The molecule has 31 heavy (non-hydrogen) atoms. The molecule has 0 radical (unpaired) electrons. The highest BCUT2D eigenvalue weighted by Gasteiger charge is 2.13. The zero-order valence-corrected chi connectivity index (χ0v) is 17.1. The molecule has 3 aromatic carbocycles.